The highest BCUT2D eigenvalue weighted by molar-refractivity contribution is 6.31. The molecule has 0 bridgehead atoms. The summed E-state index contributed by atoms with van der Waals surface area (Å²) in [6, 6.07) is 7.91. The first-order valence-electron chi connectivity index (χ1n) is 8.32. The van der Waals surface area contributed by atoms with Gasteiger partial charge in [-0.3, -0.25) is 0 Å². The van der Waals surface area contributed by atoms with Gasteiger partial charge in [-0.2, -0.15) is 0 Å². The van der Waals surface area contributed by atoms with E-state index in [0.717, 1.165) is 43.5 Å². The predicted molar refractivity (Wildman–Crippen MR) is 97.5 cm³/mol. The van der Waals surface area contributed by atoms with Gasteiger partial charge in [0.25, 0.3) is 0 Å². The molecule has 1 nitrogen and oxygen atoms in total. The molecule has 2 heteroatoms. The zero-order chi connectivity index (χ0) is 16.8. The van der Waals surface area contributed by atoms with Crippen LogP contribution in [0.25, 0.3) is 0 Å². The van der Waals surface area contributed by atoms with Crippen LogP contribution in [0.1, 0.15) is 65.4 Å². The van der Waals surface area contributed by atoms with Crippen LogP contribution >= 0.6 is 11.6 Å². The third kappa shape index (κ3) is 6.14. The summed E-state index contributed by atoms with van der Waals surface area (Å²) < 4.78 is 0. The highest BCUT2D eigenvalue weighted by Gasteiger charge is 2.29. The highest BCUT2D eigenvalue weighted by Crippen LogP contribution is 2.39. The lowest BCUT2D eigenvalue weighted by molar-refractivity contribution is 0.0314. The molecular weight excluding hydrogens is 292 g/mol. The number of benzene rings is 1. The van der Waals surface area contributed by atoms with Crippen LogP contribution in [-0.4, -0.2) is 10.7 Å². The van der Waals surface area contributed by atoms with Crippen molar-refractivity contribution in [1.29, 1.82) is 0 Å². The molecule has 0 spiro atoms. The van der Waals surface area contributed by atoms with Gasteiger partial charge in [-0.15, -0.1) is 0 Å². The van der Waals surface area contributed by atoms with E-state index in [4.69, 9.17) is 11.6 Å². The number of allylic oxidation sites excluding steroid dienone is 1. The van der Waals surface area contributed by atoms with Crippen molar-refractivity contribution >= 4 is 11.6 Å². The maximum absolute atomic E-state index is 9.93. The van der Waals surface area contributed by atoms with E-state index in [1.807, 2.05) is 31.2 Å². The van der Waals surface area contributed by atoms with E-state index in [1.54, 1.807) is 0 Å². The van der Waals surface area contributed by atoms with E-state index in [2.05, 4.69) is 27.4 Å². The number of aliphatic hydroxyl groups is 1. The van der Waals surface area contributed by atoms with E-state index in [-0.39, 0.29) is 5.41 Å². The van der Waals surface area contributed by atoms with E-state index in [1.165, 1.54) is 11.1 Å². The van der Waals surface area contributed by atoms with Gasteiger partial charge in [0, 0.05) is 5.02 Å². The van der Waals surface area contributed by atoms with Crippen LogP contribution < -0.4 is 0 Å². The molecule has 1 aliphatic rings. The Morgan fingerprint density at radius 1 is 1.14 bits per heavy atom. The van der Waals surface area contributed by atoms with Gasteiger partial charge < -0.3 is 5.11 Å². The number of rotatable bonds is 1. The van der Waals surface area contributed by atoms with Gasteiger partial charge in [-0.25, -0.2) is 0 Å². The molecule has 1 aromatic carbocycles. The Balaban J connectivity index is 0.000000235. The molecule has 1 saturated carbocycles. The quantitative estimate of drug-likeness (QED) is 0.611. The third-order valence-corrected chi connectivity index (χ3v) is 5.15. The van der Waals surface area contributed by atoms with Crippen LogP contribution in [0, 0.1) is 5.41 Å². The first kappa shape index (κ1) is 19.3. The summed E-state index contributed by atoms with van der Waals surface area (Å²) in [5.41, 5.74) is 2.34. The molecule has 2 rings (SSSR count). The standard InChI is InChI=1S/C12H22O.C8H9Cl/c1-10-6-9-12(4,13)8-5-7-11(10,2)3;1-2-7-5-3-4-6-8(7)9/h13H,1,5-9H2,2-4H3;3-6H,2H2,1H3. The molecule has 0 radical (unpaired) electrons. The molecule has 0 aliphatic heterocycles. The zero-order valence-electron chi connectivity index (χ0n) is 14.6. The topological polar surface area (TPSA) is 20.2 Å². The molecular formula is C20H31ClO. The Morgan fingerprint density at radius 3 is 2.32 bits per heavy atom. The average molecular weight is 323 g/mol. The molecule has 22 heavy (non-hydrogen) atoms. The molecule has 1 N–H and O–H groups in total. The molecule has 1 aromatic rings. The van der Waals surface area contributed by atoms with Gasteiger partial charge >= 0.3 is 0 Å². The van der Waals surface area contributed by atoms with Crippen molar-refractivity contribution in [3.63, 3.8) is 0 Å². The molecule has 1 fully saturated rings. The minimum atomic E-state index is -0.459. The summed E-state index contributed by atoms with van der Waals surface area (Å²) in [4.78, 5) is 0. The number of hydrogen-bond donors (Lipinski definition) is 1. The van der Waals surface area contributed by atoms with Crippen molar-refractivity contribution in [3.05, 3.63) is 47.0 Å². The number of aryl methyl sites for hydroxylation is 1. The smallest absolute Gasteiger partial charge is 0.0622 e. The Labute approximate surface area is 141 Å². The van der Waals surface area contributed by atoms with E-state index < -0.39 is 5.60 Å². The van der Waals surface area contributed by atoms with Gasteiger partial charge in [0.15, 0.2) is 0 Å². The minimum Gasteiger partial charge on any atom is -0.390 e. The lowest BCUT2D eigenvalue weighted by atomic mass is 9.73. The van der Waals surface area contributed by atoms with Crippen molar-refractivity contribution in [2.45, 2.75) is 71.8 Å². The van der Waals surface area contributed by atoms with Crippen molar-refractivity contribution in [2.24, 2.45) is 5.41 Å². The number of hydrogen-bond acceptors (Lipinski definition) is 1. The zero-order valence-corrected chi connectivity index (χ0v) is 15.3. The van der Waals surface area contributed by atoms with E-state index >= 15 is 0 Å². The van der Waals surface area contributed by atoms with Gasteiger partial charge in [0.2, 0.25) is 0 Å². The molecule has 1 atom stereocenters. The van der Waals surface area contributed by atoms with Crippen molar-refractivity contribution in [2.75, 3.05) is 0 Å². The van der Waals surface area contributed by atoms with E-state index in [0.29, 0.717) is 0 Å². The largest absolute Gasteiger partial charge is 0.390 e. The molecule has 1 aliphatic carbocycles. The SMILES string of the molecule is C=C1CCC(C)(O)CCCC1(C)C.CCc1ccccc1Cl. The van der Waals surface area contributed by atoms with Crippen LogP contribution in [0.5, 0.6) is 0 Å². The summed E-state index contributed by atoms with van der Waals surface area (Å²) >= 11 is 5.82. The second kappa shape index (κ2) is 8.17. The summed E-state index contributed by atoms with van der Waals surface area (Å²) in [6.45, 7) is 12.7. The Morgan fingerprint density at radius 2 is 1.77 bits per heavy atom. The fraction of sp³-hybridized carbons (Fsp3) is 0.600. The molecule has 0 aromatic heterocycles. The third-order valence-electron chi connectivity index (χ3n) is 4.78. The first-order chi connectivity index (χ1) is 10.2. The Hall–Kier alpha value is -0.790. The van der Waals surface area contributed by atoms with E-state index in [9.17, 15) is 5.11 Å². The summed E-state index contributed by atoms with van der Waals surface area (Å²) in [5, 5.41) is 10.8. The fourth-order valence-corrected chi connectivity index (χ4v) is 3.03. The average Bonchev–Trinajstić information content (AvgIpc) is 2.45. The first-order valence-corrected chi connectivity index (χ1v) is 8.70. The molecule has 0 saturated heterocycles. The Bertz CT molecular complexity index is 488. The van der Waals surface area contributed by atoms with Crippen LogP contribution in [-0.2, 0) is 6.42 Å². The molecule has 0 amide bonds. The van der Waals surface area contributed by atoms with Gasteiger partial charge in [0.1, 0.15) is 0 Å². The van der Waals surface area contributed by atoms with Crippen molar-refractivity contribution in [1.82, 2.24) is 0 Å². The highest BCUT2D eigenvalue weighted by atomic mass is 35.5. The lowest BCUT2D eigenvalue weighted by Gasteiger charge is -2.34. The second-order valence-corrected chi connectivity index (χ2v) is 7.69. The normalized spacial score (nSPS) is 24.7. The lowest BCUT2D eigenvalue weighted by Crippen LogP contribution is -2.28. The van der Waals surface area contributed by atoms with Crippen LogP contribution in [0.2, 0.25) is 5.02 Å². The maximum atomic E-state index is 9.93. The van der Waals surface area contributed by atoms with Crippen molar-refractivity contribution < 1.29 is 5.11 Å². The second-order valence-electron chi connectivity index (χ2n) is 7.28. The summed E-state index contributed by atoms with van der Waals surface area (Å²) in [7, 11) is 0. The predicted octanol–water partition coefficient (Wildman–Crippen LogP) is 6.19. The van der Waals surface area contributed by atoms with Gasteiger partial charge in [0.05, 0.1) is 5.60 Å². The number of halogens is 1. The molecule has 1 unspecified atom stereocenters. The van der Waals surface area contributed by atoms with Gasteiger partial charge in [-0.1, -0.05) is 62.7 Å². The van der Waals surface area contributed by atoms with Crippen LogP contribution in [0.3, 0.4) is 0 Å². The van der Waals surface area contributed by atoms with Crippen molar-refractivity contribution in [3.8, 4) is 0 Å². The van der Waals surface area contributed by atoms with Crippen LogP contribution in [0.4, 0.5) is 0 Å². The van der Waals surface area contributed by atoms with Crippen LogP contribution in [0.15, 0.2) is 36.4 Å². The summed E-state index contributed by atoms with van der Waals surface area (Å²) in [5.74, 6) is 0. The van der Waals surface area contributed by atoms with Gasteiger partial charge in [-0.05, 0) is 62.5 Å². The Kier molecular flexibility index (Phi) is 7.15. The fourth-order valence-electron chi connectivity index (χ4n) is 2.76. The molecule has 124 valence electrons. The monoisotopic (exact) mass is 322 g/mol. The molecule has 0 heterocycles. The minimum absolute atomic E-state index is 0.274. The summed E-state index contributed by atoms with van der Waals surface area (Å²) in [6.07, 6.45) is 6.06. The maximum Gasteiger partial charge on any atom is 0.0622 e.